The molecule has 1 saturated heterocycles. The fourth-order valence-corrected chi connectivity index (χ4v) is 11.3. The van der Waals surface area contributed by atoms with Crippen LogP contribution in [0.25, 0.3) is 10.4 Å². The fraction of sp³-hybridized carbons (Fsp3) is 0.500. The highest BCUT2D eigenvalue weighted by Crippen LogP contribution is 2.40. The number of thiazole rings is 1. The number of aliphatic hydroxyl groups is 1. The summed E-state index contributed by atoms with van der Waals surface area (Å²) in [5.41, 5.74) is 20.6. The number of carbonyl (C=O) groups is 6. The highest BCUT2D eigenvalue weighted by Gasteiger charge is 2.47. The molecule has 71 heavy (non-hydrogen) atoms. The number of ether oxygens (including phenoxy) is 1. The first kappa shape index (κ1) is 51.3. The molecule has 0 bridgehead atoms. The molecular formula is C54H68N8O8S. The molecule has 1 aromatic heterocycles. The van der Waals surface area contributed by atoms with Crippen molar-refractivity contribution >= 4 is 52.5 Å². The number of amides is 6. The topological polar surface area (TPSA) is 239 Å². The average molecular weight is 989 g/mol. The number of nitrogens with zero attached hydrogens (tertiary/aromatic N) is 3. The van der Waals surface area contributed by atoms with Crippen molar-refractivity contribution in [1.29, 1.82) is 0 Å². The zero-order valence-corrected chi connectivity index (χ0v) is 42.1. The Labute approximate surface area is 419 Å². The van der Waals surface area contributed by atoms with E-state index >= 15 is 0 Å². The summed E-state index contributed by atoms with van der Waals surface area (Å²) in [4.78, 5) is 89.1. The lowest BCUT2D eigenvalue weighted by atomic mass is 9.71. The zero-order chi connectivity index (χ0) is 50.7. The number of aromatic nitrogens is 1. The number of aliphatic hydroxyl groups excluding tert-OH is 1. The van der Waals surface area contributed by atoms with Gasteiger partial charge in [-0.3, -0.25) is 33.7 Å². The van der Waals surface area contributed by atoms with E-state index in [1.54, 1.807) is 16.2 Å². The maximum atomic E-state index is 14.2. The number of hydrogen-bond donors (Lipinski definition) is 6. The molecule has 1 unspecified atom stereocenters. The molecule has 16 nitrogen and oxygen atoms in total. The van der Waals surface area contributed by atoms with Gasteiger partial charge in [0, 0.05) is 38.3 Å². The van der Waals surface area contributed by atoms with E-state index in [4.69, 9.17) is 16.2 Å². The van der Waals surface area contributed by atoms with Gasteiger partial charge in [0.1, 0.15) is 18.1 Å². The number of para-hydroxylation sites is 1. The summed E-state index contributed by atoms with van der Waals surface area (Å²) in [6.45, 7) is 9.99. The van der Waals surface area contributed by atoms with Crippen LogP contribution in [0.5, 0.6) is 0 Å². The molecule has 8 N–H and O–H groups in total. The lowest BCUT2D eigenvalue weighted by molar-refractivity contribution is -0.145. The van der Waals surface area contributed by atoms with Crippen LogP contribution in [0, 0.1) is 24.2 Å². The van der Waals surface area contributed by atoms with Gasteiger partial charge in [-0.1, -0.05) is 87.5 Å². The Balaban J connectivity index is 0.803. The second-order valence-electron chi connectivity index (χ2n) is 21.1. The Morgan fingerprint density at radius 1 is 0.901 bits per heavy atom. The van der Waals surface area contributed by atoms with Crippen LogP contribution in [0.3, 0.4) is 0 Å². The van der Waals surface area contributed by atoms with E-state index in [0.29, 0.717) is 32.1 Å². The first-order chi connectivity index (χ1) is 33.8. The zero-order valence-electron chi connectivity index (χ0n) is 41.3. The first-order valence-corrected chi connectivity index (χ1v) is 25.8. The van der Waals surface area contributed by atoms with E-state index in [1.165, 1.54) is 4.90 Å². The quantitative estimate of drug-likeness (QED) is 0.0823. The molecule has 0 spiro atoms. The molecule has 17 heteroatoms. The summed E-state index contributed by atoms with van der Waals surface area (Å²) >= 11 is 1.57. The number of β-amino-alcohol motifs (C(OH)–C–C–N with tert-alkyl or cyclic N) is 1. The number of nitrogens with one attached hydrogen (secondary N) is 3. The SMILES string of the molecule is Cc1ncsc1-c1ccc(CNC(=O)[C@@H]2C[C@@H](O)CN2C(=O)C(NC(=O)C2CC(Cc3ccc(CO[C@H](C)[C@H](CCC(N)=O)NC(=O)[C@@H]4Cc5cccc6c5N4C(=O)[C@@H](N)CC6)cc3)C2)C(C)(C)C)cc1. The van der Waals surface area contributed by atoms with Crippen LogP contribution < -0.4 is 32.3 Å². The Bertz CT molecular complexity index is 2610. The fourth-order valence-electron chi connectivity index (χ4n) is 10.5. The maximum absolute atomic E-state index is 14.2. The van der Waals surface area contributed by atoms with Gasteiger partial charge >= 0.3 is 0 Å². The second kappa shape index (κ2) is 21.8. The lowest BCUT2D eigenvalue weighted by Crippen LogP contribution is -2.59. The van der Waals surface area contributed by atoms with Crippen molar-refractivity contribution in [2.75, 3.05) is 11.4 Å². The smallest absolute Gasteiger partial charge is 0.246 e. The third kappa shape index (κ3) is 11.9. The third-order valence-corrected chi connectivity index (χ3v) is 15.7. The Morgan fingerprint density at radius 3 is 2.27 bits per heavy atom. The van der Waals surface area contributed by atoms with E-state index in [-0.39, 0.29) is 80.3 Å². The third-order valence-electron chi connectivity index (χ3n) is 14.7. The number of likely N-dealkylation sites (tertiary alicyclic amines) is 1. The van der Waals surface area contributed by atoms with Gasteiger partial charge in [-0.25, -0.2) is 4.98 Å². The standard InChI is InChI=1S/C54H68N8O8S/c1-30-47(71-29-58-30)37-15-13-33(14-16-37)26-57-50(66)43-25-40(63)27-61(43)53(69)48(54(3,4)5)60-49(65)39-22-35(23-39)21-32-9-11-34(12-10-32)28-70-31(2)42(19-20-45(56)64)59-51(67)44-24-38-8-6-7-36-17-18-41(55)52(68)62(44)46(36)38/h6-16,29,31,35,39-44,48,63H,17-28,55H2,1-5H3,(H2,56,64)(H,57,66)(H,59,67)(H,60,65)/t31-,35?,39?,40-,41+,42+,43+,44+,48?/m1/s1. The molecular weight excluding hydrogens is 921 g/mol. The van der Waals surface area contributed by atoms with Crippen molar-refractivity contribution in [2.45, 2.75) is 148 Å². The molecule has 8 rings (SSSR count). The molecule has 1 saturated carbocycles. The van der Waals surface area contributed by atoms with Crippen LogP contribution in [0.1, 0.15) is 99.7 Å². The number of aryl methyl sites for hydroxylation is 2. The van der Waals surface area contributed by atoms with Gasteiger partial charge in [0.2, 0.25) is 35.4 Å². The lowest BCUT2D eigenvalue weighted by Gasteiger charge is -2.39. The summed E-state index contributed by atoms with van der Waals surface area (Å²) in [6.07, 6.45) is 2.71. The summed E-state index contributed by atoms with van der Waals surface area (Å²) in [7, 11) is 0. The van der Waals surface area contributed by atoms with Crippen molar-refractivity contribution in [3.05, 3.63) is 106 Å². The van der Waals surface area contributed by atoms with Gasteiger partial charge in [-0.05, 0) is 97.1 Å². The minimum Gasteiger partial charge on any atom is -0.391 e. The number of anilines is 1. The largest absolute Gasteiger partial charge is 0.391 e. The average Bonchev–Trinajstić information content (AvgIpc) is 4.04. The predicted molar refractivity (Wildman–Crippen MR) is 270 cm³/mol. The molecule has 378 valence electrons. The number of rotatable bonds is 18. The van der Waals surface area contributed by atoms with Crippen molar-refractivity contribution < 1.29 is 38.6 Å². The normalized spacial score (nSPS) is 22.9. The highest BCUT2D eigenvalue weighted by molar-refractivity contribution is 7.13. The van der Waals surface area contributed by atoms with Crippen LogP contribution in [0.2, 0.25) is 0 Å². The van der Waals surface area contributed by atoms with Crippen molar-refractivity contribution in [3.63, 3.8) is 0 Å². The summed E-state index contributed by atoms with van der Waals surface area (Å²) in [5, 5.41) is 19.8. The van der Waals surface area contributed by atoms with Crippen LogP contribution in [-0.4, -0.2) is 99.4 Å². The van der Waals surface area contributed by atoms with Crippen molar-refractivity contribution in [1.82, 2.24) is 25.8 Å². The van der Waals surface area contributed by atoms with Gasteiger partial charge in [0.05, 0.1) is 52.7 Å². The van der Waals surface area contributed by atoms with E-state index < -0.39 is 53.7 Å². The highest BCUT2D eigenvalue weighted by atomic mass is 32.1. The van der Waals surface area contributed by atoms with E-state index in [9.17, 15) is 33.9 Å². The van der Waals surface area contributed by atoms with E-state index in [0.717, 1.165) is 56.1 Å². The van der Waals surface area contributed by atoms with Crippen LogP contribution in [-0.2, 0) is 65.9 Å². The number of hydrogen-bond acceptors (Lipinski definition) is 11. The Hall–Kier alpha value is -6.01. The summed E-state index contributed by atoms with van der Waals surface area (Å²) < 4.78 is 6.28. The van der Waals surface area contributed by atoms with Gasteiger partial charge in [-0.2, -0.15) is 0 Å². The molecule has 4 aromatic rings. The molecule has 6 amide bonds. The minimum atomic E-state index is -0.900. The van der Waals surface area contributed by atoms with Crippen LogP contribution in [0.15, 0.2) is 72.2 Å². The second-order valence-corrected chi connectivity index (χ2v) is 21.9. The number of primary amides is 1. The van der Waals surface area contributed by atoms with Crippen LogP contribution in [0.4, 0.5) is 5.69 Å². The Morgan fingerprint density at radius 2 is 1.59 bits per heavy atom. The summed E-state index contributed by atoms with van der Waals surface area (Å²) in [6, 6.07) is 18.1. The van der Waals surface area contributed by atoms with Gasteiger partial charge in [-0.15, -0.1) is 11.3 Å². The number of benzene rings is 3. The predicted octanol–water partition coefficient (Wildman–Crippen LogP) is 4.38. The maximum Gasteiger partial charge on any atom is 0.246 e. The Kier molecular flexibility index (Phi) is 15.7. The minimum absolute atomic E-state index is 0.00362. The first-order valence-electron chi connectivity index (χ1n) is 24.9. The molecule has 3 aromatic carbocycles. The van der Waals surface area contributed by atoms with E-state index in [2.05, 4.69) is 20.9 Å². The molecule has 0 radical (unpaired) electrons. The van der Waals surface area contributed by atoms with Gasteiger partial charge in [0.25, 0.3) is 0 Å². The van der Waals surface area contributed by atoms with Crippen molar-refractivity contribution in [2.24, 2.45) is 28.7 Å². The molecule has 4 aliphatic rings. The van der Waals surface area contributed by atoms with E-state index in [1.807, 2.05) is 107 Å². The number of carbonyl (C=O) groups excluding carboxylic acids is 6. The molecule has 7 atom stereocenters. The van der Waals surface area contributed by atoms with Crippen molar-refractivity contribution in [3.8, 4) is 10.4 Å². The van der Waals surface area contributed by atoms with Crippen LogP contribution >= 0.6 is 11.3 Å². The summed E-state index contributed by atoms with van der Waals surface area (Å²) in [5.74, 6) is -2.01. The molecule has 1 aliphatic carbocycles. The van der Waals surface area contributed by atoms with Gasteiger partial charge < -0.3 is 42.2 Å². The number of nitrogens with two attached hydrogens (primary N) is 2. The molecule has 3 aliphatic heterocycles. The van der Waals surface area contributed by atoms with Gasteiger partial charge in [0.15, 0.2) is 0 Å². The molecule has 2 fully saturated rings. The monoisotopic (exact) mass is 988 g/mol. The molecule has 4 heterocycles.